The summed E-state index contributed by atoms with van der Waals surface area (Å²) in [7, 11) is 0. The van der Waals surface area contributed by atoms with Crippen LogP contribution in [0.15, 0.2) is 0 Å². The Hall–Kier alpha value is -0.120. The molecule has 0 bridgehead atoms. The van der Waals surface area contributed by atoms with Gasteiger partial charge in [-0.2, -0.15) is 0 Å². The van der Waals surface area contributed by atoms with Gasteiger partial charge in [0.2, 0.25) is 0 Å². The fraction of sp³-hybridized carbons (Fsp3) is 1.00. The fourth-order valence-electron chi connectivity index (χ4n) is 2.68. The van der Waals surface area contributed by atoms with Crippen LogP contribution in [0.3, 0.4) is 0 Å². The zero-order valence-electron chi connectivity index (χ0n) is 13.0. The predicted molar refractivity (Wildman–Crippen MR) is 78.1 cm³/mol. The highest BCUT2D eigenvalue weighted by Crippen LogP contribution is 2.23. The molecule has 2 atom stereocenters. The molecule has 0 saturated carbocycles. The molecule has 1 N–H and O–H groups in total. The van der Waals surface area contributed by atoms with E-state index in [0.29, 0.717) is 17.7 Å². The van der Waals surface area contributed by atoms with Gasteiger partial charge in [0.05, 0.1) is 12.7 Å². The topological polar surface area (TPSA) is 24.5 Å². The van der Waals surface area contributed by atoms with Crippen molar-refractivity contribution in [2.75, 3.05) is 26.2 Å². The molecule has 3 heteroatoms. The van der Waals surface area contributed by atoms with E-state index in [1.807, 2.05) is 0 Å². The molecule has 1 fully saturated rings. The first kappa shape index (κ1) is 15.9. The van der Waals surface area contributed by atoms with E-state index in [-0.39, 0.29) is 0 Å². The van der Waals surface area contributed by atoms with Crippen molar-refractivity contribution in [3.63, 3.8) is 0 Å². The van der Waals surface area contributed by atoms with Gasteiger partial charge in [0.25, 0.3) is 0 Å². The Morgan fingerprint density at radius 2 is 2.11 bits per heavy atom. The summed E-state index contributed by atoms with van der Waals surface area (Å²) in [6, 6.07) is 0.661. The number of hydrogen-bond donors (Lipinski definition) is 1. The number of nitrogens with zero attached hydrogens (tertiary/aromatic N) is 1. The SMILES string of the molecule is CCCC1CN(CCOC(C)C)C(C)(CC)CN1. The number of nitrogens with one attached hydrogen (secondary N) is 1. The van der Waals surface area contributed by atoms with Gasteiger partial charge in [-0.25, -0.2) is 0 Å². The second kappa shape index (κ2) is 7.46. The smallest absolute Gasteiger partial charge is 0.0597 e. The predicted octanol–water partition coefficient (Wildman–Crippen LogP) is 2.65. The highest BCUT2D eigenvalue weighted by Gasteiger charge is 2.35. The van der Waals surface area contributed by atoms with Crippen LogP contribution in [0.2, 0.25) is 0 Å². The maximum Gasteiger partial charge on any atom is 0.0597 e. The average molecular weight is 256 g/mol. The van der Waals surface area contributed by atoms with Crippen LogP contribution in [-0.2, 0) is 4.74 Å². The van der Waals surface area contributed by atoms with E-state index in [1.54, 1.807) is 0 Å². The van der Waals surface area contributed by atoms with Crippen LogP contribution in [-0.4, -0.2) is 48.8 Å². The highest BCUT2D eigenvalue weighted by atomic mass is 16.5. The van der Waals surface area contributed by atoms with Crippen LogP contribution in [0.4, 0.5) is 0 Å². The Labute approximate surface area is 113 Å². The van der Waals surface area contributed by atoms with Crippen LogP contribution >= 0.6 is 0 Å². The molecule has 0 amide bonds. The summed E-state index contributed by atoms with van der Waals surface area (Å²) in [4.78, 5) is 2.63. The number of hydrogen-bond acceptors (Lipinski definition) is 3. The van der Waals surface area contributed by atoms with Gasteiger partial charge in [-0.15, -0.1) is 0 Å². The molecule has 1 aliphatic rings. The van der Waals surface area contributed by atoms with Gasteiger partial charge in [-0.3, -0.25) is 4.90 Å². The molecule has 108 valence electrons. The third kappa shape index (κ3) is 4.52. The largest absolute Gasteiger partial charge is 0.377 e. The molecule has 0 aromatic rings. The zero-order valence-corrected chi connectivity index (χ0v) is 13.0. The van der Waals surface area contributed by atoms with Gasteiger partial charge in [-0.05, 0) is 33.6 Å². The van der Waals surface area contributed by atoms with Crippen molar-refractivity contribution in [2.45, 2.75) is 71.6 Å². The molecule has 1 heterocycles. The molecule has 1 rings (SSSR count). The lowest BCUT2D eigenvalue weighted by Crippen LogP contribution is -2.63. The summed E-state index contributed by atoms with van der Waals surface area (Å²) in [5.74, 6) is 0. The molecular formula is C15H32N2O. The van der Waals surface area contributed by atoms with Crippen LogP contribution in [0, 0.1) is 0 Å². The number of piperazine rings is 1. The molecular weight excluding hydrogens is 224 g/mol. The first-order valence-electron chi connectivity index (χ1n) is 7.62. The Morgan fingerprint density at radius 3 is 2.67 bits per heavy atom. The van der Waals surface area contributed by atoms with Crippen molar-refractivity contribution < 1.29 is 4.74 Å². The molecule has 3 nitrogen and oxygen atoms in total. The first-order valence-corrected chi connectivity index (χ1v) is 7.62. The molecule has 18 heavy (non-hydrogen) atoms. The third-order valence-electron chi connectivity index (χ3n) is 4.19. The van der Waals surface area contributed by atoms with Gasteiger partial charge in [0.1, 0.15) is 0 Å². The van der Waals surface area contributed by atoms with Crippen LogP contribution in [0.5, 0.6) is 0 Å². The van der Waals surface area contributed by atoms with E-state index in [2.05, 4.69) is 44.8 Å². The van der Waals surface area contributed by atoms with Crippen molar-refractivity contribution in [1.82, 2.24) is 10.2 Å². The molecule has 1 aliphatic heterocycles. The van der Waals surface area contributed by atoms with Crippen LogP contribution in [0.25, 0.3) is 0 Å². The Kier molecular flexibility index (Phi) is 6.61. The Morgan fingerprint density at radius 1 is 1.39 bits per heavy atom. The minimum absolute atomic E-state index is 0.296. The van der Waals surface area contributed by atoms with Crippen molar-refractivity contribution in [2.24, 2.45) is 0 Å². The molecule has 0 spiro atoms. The Balaban J connectivity index is 2.50. The van der Waals surface area contributed by atoms with Crippen molar-refractivity contribution in [3.05, 3.63) is 0 Å². The molecule has 0 aromatic carbocycles. The van der Waals surface area contributed by atoms with Crippen LogP contribution in [0.1, 0.15) is 53.9 Å². The van der Waals surface area contributed by atoms with E-state index in [1.165, 1.54) is 25.8 Å². The van der Waals surface area contributed by atoms with Gasteiger partial charge < -0.3 is 10.1 Å². The van der Waals surface area contributed by atoms with Gasteiger partial charge >= 0.3 is 0 Å². The van der Waals surface area contributed by atoms with Gasteiger partial charge in [0.15, 0.2) is 0 Å². The summed E-state index contributed by atoms with van der Waals surface area (Å²) in [5.41, 5.74) is 0.296. The normalized spacial score (nSPS) is 30.0. The standard InChI is InChI=1S/C15H32N2O/c1-6-8-14-11-17(9-10-18-13(3)4)15(5,7-2)12-16-14/h13-14,16H,6-12H2,1-5H3. The average Bonchev–Trinajstić information content (AvgIpc) is 2.33. The summed E-state index contributed by atoms with van der Waals surface area (Å²) in [6.07, 6.45) is 4.07. The monoisotopic (exact) mass is 256 g/mol. The fourth-order valence-corrected chi connectivity index (χ4v) is 2.68. The van der Waals surface area contributed by atoms with E-state index in [9.17, 15) is 0 Å². The van der Waals surface area contributed by atoms with Crippen molar-refractivity contribution in [3.8, 4) is 0 Å². The van der Waals surface area contributed by atoms with E-state index in [0.717, 1.165) is 19.7 Å². The van der Waals surface area contributed by atoms with E-state index < -0.39 is 0 Å². The minimum atomic E-state index is 0.296. The second-order valence-corrected chi connectivity index (χ2v) is 6.08. The summed E-state index contributed by atoms with van der Waals surface area (Å²) < 4.78 is 5.72. The molecule has 2 unspecified atom stereocenters. The maximum absolute atomic E-state index is 5.72. The summed E-state index contributed by atoms with van der Waals surface area (Å²) in [5, 5.41) is 3.71. The molecule has 0 aliphatic carbocycles. The minimum Gasteiger partial charge on any atom is -0.377 e. The van der Waals surface area contributed by atoms with Gasteiger partial charge in [0, 0.05) is 31.2 Å². The summed E-state index contributed by atoms with van der Waals surface area (Å²) in [6.45, 7) is 15.3. The van der Waals surface area contributed by atoms with Crippen LogP contribution < -0.4 is 5.32 Å². The second-order valence-electron chi connectivity index (χ2n) is 6.08. The maximum atomic E-state index is 5.72. The number of ether oxygens (including phenoxy) is 1. The van der Waals surface area contributed by atoms with Gasteiger partial charge in [-0.1, -0.05) is 20.3 Å². The summed E-state index contributed by atoms with van der Waals surface area (Å²) >= 11 is 0. The highest BCUT2D eigenvalue weighted by molar-refractivity contribution is 4.94. The molecule has 0 aromatic heterocycles. The zero-order chi connectivity index (χ0) is 13.6. The van der Waals surface area contributed by atoms with Crippen molar-refractivity contribution in [1.29, 1.82) is 0 Å². The number of rotatable bonds is 7. The van der Waals surface area contributed by atoms with Crippen molar-refractivity contribution >= 4 is 0 Å². The first-order chi connectivity index (χ1) is 8.51. The van der Waals surface area contributed by atoms with E-state index in [4.69, 9.17) is 4.74 Å². The Bertz CT molecular complexity index is 233. The quantitative estimate of drug-likeness (QED) is 0.758. The third-order valence-corrected chi connectivity index (χ3v) is 4.19. The molecule has 0 radical (unpaired) electrons. The lowest BCUT2D eigenvalue weighted by molar-refractivity contribution is 0.00140. The molecule has 1 saturated heterocycles. The lowest BCUT2D eigenvalue weighted by Gasteiger charge is -2.48. The lowest BCUT2D eigenvalue weighted by atomic mass is 9.91. The van der Waals surface area contributed by atoms with E-state index >= 15 is 0 Å².